The van der Waals surface area contributed by atoms with E-state index < -0.39 is 0 Å². The maximum atomic E-state index is 10.1. The van der Waals surface area contributed by atoms with E-state index in [1.165, 1.54) is 18.0 Å². The average Bonchev–Trinajstić information content (AvgIpc) is 2.94. The highest BCUT2D eigenvalue weighted by Crippen LogP contribution is 2.30. The molecular formula is C16H12Cl2N4O2S. The number of nitrogens with zero attached hydrogens (tertiary/aromatic N) is 3. The second kappa shape index (κ2) is 7.26. The highest BCUT2D eigenvalue weighted by Gasteiger charge is 2.13. The van der Waals surface area contributed by atoms with E-state index in [1.54, 1.807) is 36.4 Å². The Labute approximate surface area is 158 Å². The van der Waals surface area contributed by atoms with Crippen molar-refractivity contribution in [1.29, 1.82) is 0 Å². The van der Waals surface area contributed by atoms with Gasteiger partial charge in [0.1, 0.15) is 0 Å². The van der Waals surface area contributed by atoms with E-state index in [9.17, 15) is 5.11 Å². The lowest BCUT2D eigenvalue weighted by Crippen LogP contribution is -1.96. The first-order chi connectivity index (χ1) is 12.0. The molecule has 0 radical (unpaired) electrons. The average molecular weight is 395 g/mol. The number of aromatic hydroxyl groups is 1. The fourth-order valence-corrected chi connectivity index (χ4v) is 2.84. The molecule has 0 atom stereocenters. The molecule has 128 valence electrons. The highest BCUT2D eigenvalue weighted by molar-refractivity contribution is 7.71. The standard InChI is InChI=1S/C16H12Cl2N4O2S/c1-24-13-4-2-3-9(14(13)23)8-19-22-15(20-21-16(22)25)11-6-5-10(17)7-12(11)18/h2-8,23H,1H3,(H,21,25)/b19-8-. The lowest BCUT2D eigenvalue weighted by Gasteiger charge is -2.06. The molecule has 1 aromatic heterocycles. The predicted molar refractivity (Wildman–Crippen MR) is 101 cm³/mol. The Morgan fingerprint density at radius 2 is 2.12 bits per heavy atom. The number of rotatable bonds is 4. The van der Waals surface area contributed by atoms with Gasteiger partial charge in [0.05, 0.1) is 18.3 Å². The topological polar surface area (TPSA) is 75.4 Å². The van der Waals surface area contributed by atoms with Crippen LogP contribution in [-0.4, -0.2) is 33.3 Å². The van der Waals surface area contributed by atoms with E-state index in [0.29, 0.717) is 32.7 Å². The van der Waals surface area contributed by atoms with Crippen molar-refractivity contribution in [3.8, 4) is 22.9 Å². The first kappa shape index (κ1) is 17.5. The summed E-state index contributed by atoms with van der Waals surface area (Å²) in [6, 6.07) is 10.1. The molecule has 0 saturated carbocycles. The molecule has 2 aromatic carbocycles. The number of aromatic nitrogens is 3. The highest BCUT2D eigenvalue weighted by atomic mass is 35.5. The van der Waals surface area contributed by atoms with Gasteiger partial charge in [-0.05, 0) is 42.5 Å². The van der Waals surface area contributed by atoms with Crippen LogP contribution in [0.25, 0.3) is 11.4 Å². The first-order valence-corrected chi connectivity index (χ1v) is 8.21. The van der Waals surface area contributed by atoms with E-state index in [4.69, 9.17) is 40.2 Å². The van der Waals surface area contributed by atoms with Gasteiger partial charge in [-0.15, -0.1) is 0 Å². The SMILES string of the molecule is COc1cccc(/C=N\n2c(-c3ccc(Cl)cc3Cl)n[nH]c2=S)c1O. The Hall–Kier alpha value is -2.35. The monoisotopic (exact) mass is 394 g/mol. The zero-order valence-electron chi connectivity index (χ0n) is 12.9. The number of hydrogen-bond donors (Lipinski definition) is 2. The number of para-hydroxylation sites is 1. The summed E-state index contributed by atoms with van der Waals surface area (Å²) in [7, 11) is 1.47. The molecule has 1 heterocycles. The molecule has 0 saturated heterocycles. The van der Waals surface area contributed by atoms with Crippen molar-refractivity contribution in [3.05, 3.63) is 56.8 Å². The number of phenolic OH excluding ortho intramolecular Hbond substituents is 1. The van der Waals surface area contributed by atoms with Gasteiger partial charge in [-0.1, -0.05) is 29.3 Å². The second-order valence-electron chi connectivity index (χ2n) is 4.93. The number of methoxy groups -OCH3 is 1. The van der Waals surface area contributed by atoms with Gasteiger partial charge in [0.2, 0.25) is 4.77 Å². The fraction of sp³-hybridized carbons (Fsp3) is 0.0625. The van der Waals surface area contributed by atoms with Crippen LogP contribution in [0.4, 0.5) is 0 Å². The van der Waals surface area contributed by atoms with Crippen molar-refractivity contribution < 1.29 is 9.84 Å². The van der Waals surface area contributed by atoms with Gasteiger partial charge >= 0.3 is 0 Å². The van der Waals surface area contributed by atoms with Crippen molar-refractivity contribution in [2.45, 2.75) is 0 Å². The van der Waals surface area contributed by atoms with Crippen LogP contribution in [0.1, 0.15) is 5.56 Å². The summed E-state index contributed by atoms with van der Waals surface area (Å²) in [6.45, 7) is 0. The molecular weight excluding hydrogens is 383 g/mol. The van der Waals surface area contributed by atoms with Gasteiger partial charge in [0.15, 0.2) is 17.3 Å². The van der Waals surface area contributed by atoms with Crippen LogP contribution in [0.15, 0.2) is 41.5 Å². The fourth-order valence-electron chi connectivity index (χ4n) is 2.17. The smallest absolute Gasteiger partial charge is 0.216 e. The third-order valence-electron chi connectivity index (χ3n) is 3.38. The molecule has 25 heavy (non-hydrogen) atoms. The summed E-state index contributed by atoms with van der Waals surface area (Å²) in [5.74, 6) is 0.751. The number of benzene rings is 2. The van der Waals surface area contributed by atoms with Gasteiger partial charge in [0, 0.05) is 16.1 Å². The van der Waals surface area contributed by atoms with Crippen LogP contribution < -0.4 is 4.74 Å². The summed E-state index contributed by atoms with van der Waals surface area (Å²) in [6.07, 6.45) is 1.45. The van der Waals surface area contributed by atoms with Gasteiger partial charge in [-0.2, -0.15) is 14.9 Å². The molecule has 3 rings (SSSR count). The zero-order valence-corrected chi connectivity index (χ0v) is 15.2. The summed E-state index contributed by atoms with van der Waals surface area (Å²) in [4.78, 5) is 0. The Kier molecular flexibility index (Phi) is 5.08. The minimum absolute atomic E-state index is 0.0187. The Balaban J connectivity index is 2.05. The third kappa shape index (κ3) is 3.53. The molecule has 6 nitrogen and oxygen atoms in total. The minimum atomic E-state index is -0.0187. The number of aromatic amines is 1. The first-order valence-electron chi connectivity index (χ1n) is 7.04. The predicted octanol–water partition coefficient (Wildman–Crippen LogP) is 4.51. The van der Waals surface area contributed by atoms with E-state index >= 15 is 0 Å². The quantitative estimate of drug-likeness (QED) is 0.504. The van der Waals surface area contributed by atoms with Crippen LogP contribution in [0.2, 0.25) is 10.0 Å². The van der Waals surface area contributed by atoms with Crippen molar-refractivity contribution >= 4 is 41.6 Å². The number of hydrogen-bond acceptors (Lipinski definition) is 5. The molecule has 0 amide bonds. The summed E-state index contributed by atoms with van der Waals surface area (Å²) in [5.41, 5.74) is 1.08. The maximum absolute atomic E-state index is 10.1. The molecule has 0 unspecified atom stereocenters. The van der Waals surface area contributed by atoms with Gasteiger partial charge in [-0.25, -0.2) is 5.10 Å². The van der Waals surface area contributed by atoms with Crippen molar-refractivity contribution in [2.75, 3.05) is 7.11 Å². The molecule has 0 spiro atoms. The molecule has 0 aliphatic heterocycles. The Morgan fingerprint density at radius 3 is 2.84 bits per heavy atom. The molecule has 0 aliphatic carbocycles. The largest absolute Gasteiger partial charge is 0.504 e. The van der Waals surface area contributed by atoms with Gasteiger partial charge in [-0.3, -0.25) is 0 Å². The normalized spacial score (nSPS) is 11.2. The van der Waals surface area contributed by atoms with Crippen LogP contribution in [-0.2, 0) is 0 Å². The van der Waals surface area contributed by atoms with Gasteiger partial charge in [0.25, 0.3) is 0 Å². The third-order valence-corrected chi connectivity index (χ3v) is 4.20. The number of H-pyrrole nitrogens is 1. The maximum Gasteiger partial charge on any atom is 0.216 e. The van der Waals surface area contributed by atoms with Crippen molar-refractivity contribution in [3.63, 3.8) is 0 Å². The van der Waals surface area contributed by atoms with Crippen LogP contribution in [0, 0.1) is 4.77 Å². The van der Waals surface area contributed by atoms with Crippen LogP contribution in [0.3, 0.4) is 0 Å². The van der Waals surface area contributed by atoms with Crippen molar-refractivity contribution in [1.82, 2.24) is 14.9 Å². The Bertz CT molecular complexity index is 1010. The van der Waals surface area contributed by atoms with E-state index in [-0.39, 0.29) is 10.5 Å². The molecule has 0 aliphatic rings. The van der Waals surface area contributed by atoms with Crippen molar-refractivity contribution in [2.24, 2.45) is 5.10 Å². The molecule has 0 fully saturated rings. The minimum Gasteiger partial charge on any atom is -0.504 e. The summed E-state index contributed by atoms with van der Waals surface area (Å²) >= 11 is 17.4. The number of ether oxygens (including phenoxy) is 1. The number of halogens is 2. The van der Waals surface area contributed by atoms with E-state index in [0.717, 1.165) is 0 Å². The second-order valence-corrected chi connectivity index (χ2v) is 6.16. The lowest BCUT2D eigenvalue weighted by atomic mass is 10.2. The lowest BCUT2D eigenvalue weighted by molar-refractivity contribution is 0.373. The van der Waals surface area contributed by atoms with E-state index in [1.807, 2.05) is 0 Å². The summed E-state index contributed by atoms with van der Waals surface area (Å²) in [5, 5.41) is 22.2. The molecule has 2 N–H and O–H groups in total. The van der Waals surface area contributed by atoms with E-state index in [2.05, 4.69) is 15.3 Å². The number of nitrogens with one attached hydrogen (secondary N) is 1. The zero-order chi connectivity index (χ0) is 18.0. The molecule has 9 heteroatoms. The Morgan fingerprint density at radius 1 is 1.32 bits per heavy atom. The number of phenols is 1. The molecule has 3 aromatic rings. The van der Waals surface area contributed by atoms with Gasteiger partial charge < -0.3 is 9.84 Å². The van der Waals surface area contributed by atoms with Crippen LogP contribution >= 0.6 is 35.4 Å². The van der Waals surface area contributed by atoms with Crippen LogP contribution in [0.5, 0.6) is 11.5 Å². The summed E-state index contributed by atoms with van der Waals surface area (Å²) < 4.78 is 6.76. The molecule has 0 bridgehead atoms.